The largest absolute Gasteiger partial charge is 0.313 e. The Labute approximate surface area is 116 Å². The molecule has 3 heteroatoms. The Kier molecular flexibility index (Phi) is 4.14. The molecule has 3 nitrogen and oxygen atoms in total. The third-order valence-electron chi connectivity index (χ3n) is 4.53. The van der Waals surface area contributed by atoms with Crippen molar-refractivity contribution in [3.05, 3.63) is 29.6 Å². The van der Waals surface area contributed by atoms with Gasteiger partial charge in [-0.25, -0.2) is 0 Å². The number of likely N-dealkylation sites (tertiary alicyclic amines) is 1. The van der Waals surface area contributed by atoms with Crippen molar-refractivity contribution in [2.24, 2.45) is 5.92 Å². The number of pyridine rings is 1. The summed E-state index contributed by atoms with van der Waals surface area (Å²) in [7, 11) is 0. The molecule has 2 fully saturated rings. The molecule has 1 aromatic rings. The highest BCUT2D eigenvalue weighted by Crippen LogP contribution is 2.37. The average Bonchev–Trinajstić information content (AvgIpc) is 3.03. The Morgan fingerprint density at radius 3 is 2.95 bits per heavy atom. The maximum atomic E-state index is 4.62. The van der Waals surface area contributed by atoms with Gasteiger partial charge in [-0.15, -0.1) is 0 Å². The molecule has 0 radical (unpaired) electrons. The van der Waals surface area contributed by atoms with Gasteiger partial charge in [0.2, 0.25) is 0 Å². The predicted molar refractivity (Wildman–Crippen MR) is 77.8 cm³/mol. The van der Waals surface area contributed by atoms with E-state index in [9.17, 15) is 0 Å². The molecule has 2 unspecified atom stereocenters. The molecule has 0 amide bonds. The summed E-state index contributed by atoms with van der Waals surface area (Å²) >= 11 is 0. The normalized spacial score (nSPS) is 26.2. The van der Waals surface area contributed by atoms with Crippen LogP contribution in [0.3, 0.4) is 0 Å². The van der Waals surface area contributed by atoms with Crippen LogP contribution >= 0.6 is 0 Å². The average molecular weight is 259 g/mol. The third kappa shape index (κ3) is 3.15. The van der Waals surface area contributed by atoms with Gasteiger partial charge in [0, 0.05) is 31.9 Å². The Bertz CT molecular complexity index is 401. The second kappa shape index (κ2) is 6.02. The van der Waals surface area contributed by atoms with Gasteiger partial charge in [0.15, 0.2) is 0 Å². The molecule has 2 heterocycles. The lowest BCUT2D eigenvalue weighted by Crippen LogP contribution is -2.31. The predicted octanol–water partition coefficient (Wildman–Crippen LogP) is 2.57. The fourth-order valence-electron chi connectivity index (χ4n) is 3.49. The minimum atomic E-state index is 0.845. The van der Waals surface area contributed by atoms with Crippen molar-refractivity contribution in [2.45, 2.75) is 51.7 Å². The minimum Gasteiger partial charge on any atom is -0.313 e. The van der Waals surface area contributed by atoms with Crippen molar-refractivity contribution in [1.29, 1.82) is 0 Å². The van der Waals surface area contributed by atoms with Gasteiger partial charge in [0.05, 0.1) is 5.69 Å². The molecule has 2 bridgehead atoms. The van der Waals surface area contributed by atoms with Crippen LogP contribution in [0.25, 0.3) is 0 Å². The van der Waals surface area contributed by atoms with Gasteiger partial charge in [0.1, 0.15) is 0 Å². The summed E-state index contributed by atoms with van der Waals surface area (Å²) in [4.78, 5) is 7.25. The fourth-order valence-corrected chi connectivity index (χ4v) is 3.49. The summed E-state index contributed by atoms with van der Waals surface area (Å²) in [5.74, 6) is 0.975. The van der Waals surface area contributed by atoms with E-state index in [1.807, 2.05) is 6.20 Å². The van der Waals surface area contributed by atoms with Crippen LogP contribution < -0.4 is 5.32 Å². The maximum absolute atomic E-state index is 4.62. The van der Waals surface area contributed by atoms with Gasteiger partial charge < -0.3 is 5.32 Å². The molecule has 1 aliphatic carbocycles. The van der Waals surface area contributed by atoms with Crippen molar-refractivity contribution in [3.63, 3.8) is 0 Å². The van der Waals surface area contributed by atoms with Crippen molar-refractivity contribution in [1.82, 2.24) is 15.2 Å². The van der Waals surface area contributed by atoms with Gasteiger partial charge in [-0.2, -0.15) is 0 Å². The van der Waals surface area contributed by atoms with Crippen molar-refractivity contribution in [3.8, 4) is 0 Å². The van der Waals surface area contributed by atoms with E-state index < -0.39 is 0 Å². The van der Waals surface area contributed by atoms with Crippen LogP contribution in [0.2, 0.25) is 0 Å². The van der Waals surface area contributed by atoms with Gasteiger partial charge in [0.25, 0.3) is 0 Å². The van der Waals surface area contributed by atoms with Crippen LogP contribution in [-0.4, -0.2) is 29.0 Å². The highest BCUT2D eigenvalue weighted by atomic mass is 15.2. The molecule has 3 rings (SSSR count). The lowest BCUT2D eigenvalue weighted by Gasteiger charge is -2.26. The van der Waals surface area contributed by atoms with Crippen LogP contribution in [0, 0.1) is 5.92 Å². The van der Waals surface area contributed by atoms with E-state index in [-0.39, 0.29) is 0 Å². The number of aromatic nitrogens is 1. The number of nitrogens with zero attached hydrogens (tertiary/aromatic N) is 2. The SMILES string of the molecule is CCCNCc1ccc(CN2CC3CCC2C3)nc1. The molecule has 1 saturated heterocycles. The Hall–Kier alpha value is -0.930. The molecular weight excluding hydrogens is 234 g/mol. The van der Waals surface area contributed by atoms with E-state index in [2.05, 4.69) is 34.3 Å². The number of nitrogens with one attached hydrogen (secondary N) is 1. The first-order valence-electron chi connectivity index (χ1n) is 7.73. The number of hydrogen-bond acceptors (Lipinski definition) is 3. The smallest absolute Gasteiger partial charge is 0.0544 e. The summed E-state index contributed by atoms with van der Waals surface area (Å²) < 4.78 is 0. The van der Waals surface area contributed by atoms with Gasteiger partial charge in [-0.1, -0.05) is 13.0 Å². The van der Waals surface area contributed by atoms with Crippen LogP contribution in [0.15, 0.2) is 18.3 Å². The maximum Gasteiger partial charge on any atom is 0.0544 e. The molecule has 1 saturated carbocycles. The Balaban J connectivity index is 1.51. The zero-order valence-corrected chi connectivity index (χ0v) is 11.9. The molecule has 2 aliphatic rings. The first-order chi connectivity index (χ1) is 9.35. The zero-order valence-electron chi connectivity index (χ0n) is 11.9. The Morgan fingerprint density at radius 1 is 1.37 bits per heavy atom. The van der Waals surface area contributed by atoms with E-state index in [4.69, 9.17) is 0 Å². The van der Waals surface area contributed by atoms with Gasteiger partial charge in [-0.05, 0) is 49.8 Å². The van der Waals surface area contributed by atoms with Crippen LogP contribution in [0.5, 0.6) is 0 Å². The topological polar surface area (TPSA) is 28.2 Å². The van der Waals surface area contributed by atoms with Gasteiger partial charge in [-0.3, -0.25) is 9.88 Å². The molecular formula is C16H25N3. The molecule has 2 atom stereocenters. The fraction of sp³-hybridized carbons (Fsp3) is 0.688. The molecule has 0 spiro atoms. The zero-order chi connectivity index (χ0) is 13.1. The van der Waals surface area contributed by atoms with Crippen molar-refractivity contribution >= 4 is 0 Å². The second-order valence-corrected chi connectivity index (χ2v) is 6.10. The number of fused-ring (bicyclic) bond motifs is 2. The van der Waals surface area contributed by atoms with Crippen LogP contribution in [0.1, 0.15) is 43.9 Å². The number of rotatable bonds is 6. The summed E-state index contributed by atoms with van der Waals surface area (Å²) in [6, 6.07) is 5.27. The second-order valence-electron chi connectivity index (χ2n) is 6.10. The summed E-state index contributed by atoms with van der Waals surface area (Å²) in [6.07, 6.45) is 7.51. The van der Waals surface area contributed by atoms with E-state index in [0.717, 1.165) is 31.6 Å². The summed E-state index contributed by atoms with van der Waals surface area (Å²) in [5.41, 5.74) is 2.52. The van der Waals surface area contributed by atoms with E-state index in [1.165, 1.54) is 43.5 Å². The standard InChI is InChI=1S/C16H25N3/c1-2-7-17-9-14-3-5-15(18-10-14)12-19-11-13-4-6-16(19)8-13/h3,5,10,13,16-17H,2,4,6-9,11-12H2,1H3. The number of piperidine rings is 1. The van der Waals surface area contributed by atoms with Gasteiger partial charge >= 0.3 is 0 Å². The summed E-state index contributed by atoms with van der Waals surface area (Å²) in [6.45, 7) is 6.56. The molecule has 19 heavy (non-hydrogen) atoms. The first-order valence-corrected chi connectivity index (χ1v) is 7.73. The molecule has 1 N–H and O–H groups in total. The quantitative estimate of drug-likeness (QED) is 0.796. The highest BCUT2D eigenvalue weighted by molar-refractivity contribution is 5.14. The first kappa shape index (κ1) is 13.1. The Morgan fingerprint density at radius 2 is 2.32 bits per heavy atom. The van der Waals surface area contributed by atoms with E-state index in [1.54, 1.807) is 0 Å². The molecule has 1 aromatic heterocycles. The number of hydrogen-bond donors (Lipinski definition) is 1. The van der Waals surface area contributed by atoms with E-state index in [0.29, 0.717) is 0 Å². The monoisotopic (exact) mass is 259 g/mol. The summed E-state index contributed by atoms with van der Waals surface area (Å²) in [5, 5.41) is 3.42. The van der Waals surface area contributed by atoms with Crippen molar-refractivity contribution in [2.75, 3.05) is 13.1 Å². The molecule has 0 aromatic carbocycles. The van der Waals surface area contributed by atoms with Crippen LogP contribution in [-0.2, 0) is 13.1 Å². The third-order valence-corrected chi connectivity index (χ3v) is 4.53. The van der Waals surface area contributed by atoms with E-state index >= 15 is 0 Å². The lowest BCUT2D eigenvalue weighted by atomic mass is 10.1. The molecule has 1 aliphatic heterocycles. The molecule has 104 valence electrons. The highest BCUT2D eigenvalue weighted by Gasteiger charge is 2.37. The minimum absolute atomic E-state index is 0.845. The van der Waals surface area contributed by atoms with Crippen molar-refractivity contribution < 1.29 is 0 Å². The lowest BCUT2D eigenvalue weighted by molar-refractivity contribution is 0.203. The van der Waals surface area contributed by atoms with Crippen LogP contribution in [0.4, 0.5) is 0 Å².